The topological polar surface area (TPSA) is 50.7 Å². The summed E-state index contributed by atoms with van der Waals surface area (Å²) in [6, 6.07) is 32.3. The number of nitrogens with zero attached hydrogens (tertiary/aromatic N) is 1. The lowest BCUT2D eigenvalue weighted by Crippen LogP contribution is -2.33. The molecule has 0 bridgehead atoms. The van der Waals surface area contributed by atoms with Crippen molar-refractivity contribution >= 4 is 44.4 Å². The molecule has 0 fully saturated rings. The number of rotatable bonds is 5. The lowest BCUT2D eigenvalue weighted by Gasteiger charge is -2.13. The fourth-order valence-electron chi connectivity index (χ4n) is 3.94. The standard InChI is InChI=1S/C28H22N2O2/c1-19(32-24-15-14-20-8-2-3-9-21(20)17-24)28(31)30-29-18-27-25-12-6-4-10-22(25)16-23-11-5-7-13-26(23)27/h2-19H,1H3,(H,30,31)/b29-18-/t19-/m1/s1. The number of hydrogen-bond acceptors (Lipinski definition) is 3. The van der Waals surface area contributed by atoms with Crippen LogP contribution in [0.25, 0.3) is 32.3 Å². The summed E-state index contributed by atoms with van der Waals surface area (Å²) in [6.45, 7) is 1.72. The number of benzene rings is 5. The van der Waals surface area contributed by atoms with E-state index in [1.54, 1.807) is 13.1 Å². The molecular formula is C28H22N2O2. The Morgan fingerprint density at radius 3 is 2.06 bits per heavy atom. The van der Waals surface area contributed by atoms with Crippen molar-refractivity contribution in [2.24, 2.45) is 5.10 Å². The number of carbonyl (C=O) groups is 1. The highest BCUT2D eigenvalue weighted by molar-refractivity contribution is 6.13. The largest absolute Gasteiger partial charge is 0.481 e. The first kappa shape index (κ1) is 19.8. The van der Waals surface area contributed by atoms with Crippen molar-refractivity contribution in [1.29, 1.82) is 0 Å². The quantitative estimate of drug-likeness (QED) is 0.214. The molecule has 5 aromatic rings. The molecular weight excluding hydrogens is 396 g/mol. The number of fused-ring (bicyclic) bond motifs is 3. The van der Waals surface area contributed by atoms with Crippen LogP contribution in [0, 0.1) is 0 Å². The first-order valence-corrected chi connectivity index (χ1v) is 10.6. The fraction of sp³-hybridized carbons (Fsp3) is 0.0714. The van der Waals surface area contributed by atoms with Gasteiger partial charge in [0.25, 0.3) is 5.91 Å². The lowest BCUT2D eigenvalue weighted by molar-refractivity contribution is -0.127. The van der Waals surface area contributed by atoms with E-state index in [0.717, 1.165) is 37.9 Å². The number of hydrazone groups is 1. The predicted octanol–water partition coefficient (Wildman–Crippen LogP) is 6.06. The predicted molar refractivity (Wildman–Crippen MR) is 131 cm³/mol. The van der Waals surface area contributed by atoms with E-state index in [9.17, 15) is 4.79 Å². The van der Waals surface area contributed by atoms with Gasteiger partial charge in [0.1, 0.15) is 5.75 Å². The van der Waals surface area contributed by atoms with E-state index in [0.29, 0.717) is 5.75 Å². The molecule has 0 heterocycles. The van der Waals surface area contributed by atoms with Gasteiger partial charge in [0.2, 0.25) is 0 Å². The van der Waals surface area contributed by atoms with Gasteiger partial charge >= 0.3 is 0 Å². The maximum absolute atomic E-state index is 12.6. The van der Waals surface area contributed by atoms with E-state index in [4.69, 9.17) is 4.74 Å². The van der Waals surface area contributed by atoms with E-state index in [1.165, 1.54) is 0 Å². The Morgan fingerprint density at radius 1 is 0.781 bits per heavy atom. The number of hydrogen-bond donors (Lipinski definition) is 1. The van der Waals surface area contributed by atoms with Crippen LogP contribution in [0.15, 0.2) is 102 Å². The monoisotopic (exact) mass is 418 g/mol. The SMILES string of the molecule is C[C@@H](Oc1ccc2ccccc2c1)C(=O)N/N=C\c1c2ccccc2cc2ccccc12. The maximum atomic E-state index is 12.6. The van der Waals surface area contributed by atoms with Gasteiger partial charge in [-0.2, -0.15) is 5.10 Å². The van der Waals surface area contributed by atoms with Crippen LogP contribution in [0.5, 0.6) is 5.75 Å². The summed E-state index contributed by atoms with van der Waals surface area (Å²) in [4.78, 5) is 12.6. The highest BCUT2D eigenvalue weighted by atomic mass is 16.5. The molecule has 0 saturated carbocycles. The second-order valence-electron chi connectivity index (χ2n) is 7.74. The van der Waals surface area contributed by atoms with Gasteiger partial charge in [0.05, 0.1) is 6.21 Å². The van der Waals surface area contributed by atoms with Gasteiger partial charge < -0.3 is 4.74 Å². The molecule has 4 heteroatoms. The van der Waals surface area contributed by atoms with Gasteiger partial charge in [0, 0.05) is 5.56 Å². The van der Waals surface area contributed by atoms with Crippen molar-refractivity contribution in [3.8, 4) is 5.75 Å². The Kier molecular flexibility index (Phi) is 5.26. The van der Waals surface area contributed by atoms with E-state index in [2.05, 4.69) is 40.9 Å². The first-order valence-electron chi connectivity index (χ1n) is 10.6. The molecule has 32 heavy (non-hydrogen) atoms. The molecule has 0 unspecified atom stereocenters. The maximum Gasteiger partial charge on any atom is 0.280 e. The Labute approximate surface area is 186 Å². The van der Waals surface area contributed by atoms with Crippen molar-refractivity contribution in [1.82, 2.24) is 5.43 Å². The summed E-state index contributed by atoms with van der Waals surface area (Å²) >= 11 is 0. The molecule has 5 rings (SSSR count). The zero-order chi connectivity index (χ0) is 21.9. The van der Waals surface area contributed by atoms with E-state index in [-0.39, 0.29) is 5.91 Å². The van der Waals surface area contributed by atoms with Crippen LogP contribution in [-0.2, 0) is 4.79 Å². The average molecular weight is 418 g/mol. The normalized spacial score (nSPS) is 12.4. The summed E-state index contributed by atoms with van der Waals surface area (Å²) in [5, 5.41) is 10.9. The van der Waals surface area contributed by atoms with Gasteiger partial charge in [-0.05, 0) is 57.4 Å². The fourth-order valence-corrected chi connectivity index (χ4v) is 3.94. The van der Waals surface area contributed by atoms with Crippen molar-refractivity contribution in [3.05, 3.63) is 103 Å². The highest BCUT2D eigenvalue weighted by Gasteiger charge is 2.14. The van der Waals surface area contributed by atoms with E-state index < -0.39 is 6.10 Å². The molecule has 5 aromatic carbocycles. The second-order valence-corrected chi connectivity index (χ2v) is 7.74. The second kappa shape index (κ2) is 8.52. The third kappa shape index (κ3) is 3.91. The summed E-state index contributed by atoms with van der Waals surface area (Å²) in [5.74, 6) is 0.342. The molecule has 0 aliphatic carbocycles. The molecule has 0 aliphatic rings. The van der Waals surface area contributed by atoms with Gasteiger partial charge in [0.15, 0.2) is 6.10 Å². The molecule has 1 atom stereocenters. The molecule has 0 saturated heterocycles. The van der Waals surface area contributed by atoms with Gasteiger partial charge in [-0.1, -0.05) is 78.9 Å². The molecule has 0 radical (unpaired) electrons. The Morgan fingerprint density at radius 2 is 1.38 bits per heavy atom. The zero-order valence-corrected chi connectivity index (χ0v) is 17.7. The lowest BCUT2D eigenvalue weighted by atomic mass is 9.97. The van der Waals surface area contributed by atoms with Crippen LogP contribution >= 0.6 is 0 Å². The molecule has 1 N–H and O–H groups in total. The Balaban J connectivity index is 1.35. The van der Waals surface area contributed by atoms with Crippen molar-refractivity contribution in [2.75, 3.05) is 0 Å². The molecule has 4 nitrogen and oxygen atoms in total. The summed E-state index contributed by atoms with van der Waals surface area (Å²) in [5.41, 5.74) is 3.60. The van der Waals surface area contributed by atoms with Crippen LogP contribution in [0.3, 0.4) is 0 Å². The van der Waals surface area contributed by atoms with Crippen LogP contribution in [-0.4, -0.2) is 18.2 Å². The van der Waals surface area contributed by atoms with E-state index >= 15 is 0 Å². The minimum Gasteiger partial charge on any atom is -0.481 e. The van der Waals surface area contributed by atoms with Crippen molar-refractivity contribution < 1.29 is 9.53 Å². The summed E-state index contributed by atoms with van der Waals surface area (Å²) in [6.07, 6.45) is 1.03. The molecule has 156 valence electrons. The first-order chi connectivity index (χ1) is 15.7. The minimum absolute atomic E-state index is 0.307. The summed E-state index contributed by atoms with van der Waals surface area (Å²) in [7, 11) is 0. The van der Waals surface area contributed by atoms with Gasteiger partial charge in [-0.3, -0.25) is 4.79 Å². The molecule has 0 aromatic heterocycles. The minimum atomic E-state index is -0.683. The van der Waals surface area contributed by atoms with Crippen molar-refractivity contribution in [3.63, 3.8) is 0 Å². The van der Waals surface area contributed by atoms with Crippen LogP contribution < -0.4 is 10.2 Å². The number of ether oxygens (including phenoxy) is 1. The molecule has 0 aliphatic heterocycles. The van der Waals surface area contributed by atoms with Crippen LogP contribution in [0.4, 0.5) is 0 Å². The van der Waals surface area contributed by atoms with Crippen LogP contribution in [0.1, 0.15) is 12.5 Å². The molecule has 1 amide bonds. The zero-order valence-electron chi connectivity index (χ0n) is 17.7. The van der Waals surface area contributed by atoms with Crippen molar-refractivity contribution in [2.45, 2.75) is 13.0 Å². The summed E-state index contributed by atoms with van der Waals surface area (Å²) < 4.78 is 5.84. The van der Waals surface area contributed by atoms with Gasteiger partial charge in [-0.15, -0.1) is 0 Å². The third-order valence-corrected chi connectivity index (χ3v) is 5.58. The Bertz CT molecular complexity index is 1420. The van der Waals surface area contributed by atoms with E-state index in [1.807, 2.05) is 66.7 Å². The smallest absolute Gasteiger partial charge is 0.280 e. The highest BCUT2D eigenvalue weighted by Crippen LogP contribution is 2.27. The van der Waals surface area contributed by atoms with Crippen LogP contribution in [0.2, 0.25) is 0 Å². The molecule has 0 spiro atoms. The third-order valence-electron chi connectivity index (χ3n) is 5.58. The number of carbonyl (C=O) groups excluding carboxylic acids is 1. The number of amides is 1. The van der Waals surface area contributed by atoms with Gasteiger partial charge in [-0.25, -0.2) is 5.43 Å². The Hall–Kier alpha value is -4.18. The number of nitrogens with one attached hydrogen (secondary N) is 1. The average Bonchev–Trinajstić information content (AvgIpc) is 2.83.